The highest BCUT2D eigenvalue weighted by Gasteiger charge is 2.35. The fraction of sp³-hybridized carbons (Fsp3) is 0.538. The van der Waals surface area contributed by atoms with E-state index in [4.69, 9.17) is 17.3 Å². The summed E-state index contributed by atoms with van der Waals surface area (Å²) in [6, 6.07) is 6.25. The van der Waals surface area contributed by atoms with Crippen molar-refractivity contribution in [1.82, 2.24) is 0 Å². The monoisotopic (exact) mass is 223 g/mol. The van der Waals surface area contributed by atoms with E-state index in [9.17, 15) is 0 Å². The van der Waals surface area contributed by atoms with Gasteiger partial charge in [-0.15, -0.1) is 0 Å². The zero-order valence-corrected chi connectivity index (χ0v) is 10.1. The molecule has 1 unspecified atom stereocenters. The number of hydrogen-bond donors (Lipinski definition) is 1. The molecule has 1 nitrogen and oxygen atoms in total. The van der Waals surface area contributed by atoms with Gasteiger partial charge in [-0.05, 0) is 54.0 Å². The summed E-state index contributed by atoms with van der Waals surface area (Å²) < 4.78 is 0. The molecule has 0 saturated carbocycles. The highest BCUT2D eigenvalue weighted by molar-refractivity contribution is 6.30. The first-order chi connectivity index (χ1) is 7.05. The molecule has 1 aliphatic rings. The molecule has 0 spiro atoms. The minimum absolute atomic E-state index is 0.160. The quantitative estimate of drug-likeness (QED) is 0.778. The molecule has 2 heteroatoms. The summed E-state index contributed by atoms with van der Waals surface area (Å²) in [5.41, 5.74) is 8.83. The second-order valence-corrected chi connectivity index (χ2v) is 5.43. The van der Waals surface area contributed by atoms with Crippen LogP contribution in [-0.4, -0.2) is 6.54 Å². The predicted octanol–water partition coefficient (Wildman–Crippen LogP) is 3.14. The van der Waals surface area contributed by atoms with Gasteiger partial charge in [0.15, 0.2) is 0 Å². The lowest BCUT2D eigenvalue weighted by Crippen LogP contribution is -2.38. The maximum Gasteiger partial charge on any atom is 0.0409 e. The Morgan fingerprint density at radius 1 is 1.47 bits per heavy atom. The van der Waals surface area contributed by atoms with Gasteiger partial charge >= 0.3 is 0 Å². The first-order valence-electron chi connectivity index (χ1n) is 5.54. The number of benzene rings is 1. The molecular weight excluding hydrogens is 206 g/mol. The lowest BCUT2D eigenvalue weighted by molar-refractivity contribution is 0.285. The lowest BCUT2D eigenvalue weighted by Gasteiger charge is -2.40. The van der Waals surface area contributed by atoms with E-state index >= 15 is 0 Å². The van der Waals surface area contributed by atoms with Crippen LogP contribution in [0.2, 0.25) is 5.02 Å². The van der Waals surface area contributed by atoms with Crippen LogP contribution in [0.15, 0.2) is 18.2 Å². The summed E-state index contributed by atoms with van der Waals surface area (Å²) in [5, 5.41) is 0.833. The Bertz CT molecular complexity index is 371. The van der Waals surface area contributed by atoms with Crippen molar-refractivity contribution in [3.63, 3.8) is 0 Å². The van der Waals surface area contributed by atoms with Gasteiger partial charge in [-0.1, -0.05) is 31.5 Å². The van der Waals surface area contributed by atoms with Gasteiger partial charge in [-0.3, -0.25) is 0 Å². The van der Waals surface area contributed by atoms with Gasteiger partial charge in [0.05, 0.1) is 0 Å². The molecule has 0 aliphatic heterocycles. The predicted molar refractivity (Wildman–Crippen MR) is 65.3 cm³/mol. The first kappa shape index (κ1) is 11.0. The third kappa shape index (κ3) is 1.79. The van der Waals surface area contributed by atoms with Gasteiger partial charge in [-0.25, -0.2) is 0 Å². The number of fused-ring (bicyclic) bond motifs is 1. The normalized spacial score (nSPS) is 23.6. The second-order valence-electron chi connectivity index (χ2n) is 4.99. The van der Waals surface area contributed by atoms with Crippen molar-refractivity contribution >= 4 is 11.6 Å². The Morgan fingerprint density at radius 2 is 2.20 bits per heavy atom. The van der Waals surface area contributed by atoms with Gasteiger partial charge in [0, 0.05) is 5.02 Å². The Labute approximate surface area is 96.6 Å². The summed E-state index contributed by atoms with van der Waals surface area (Å²) in [5.74, 6) is 0.573. The van der Waals surface area contributed by atoms with Gasteiger partial charge in [0.25, 0.3) is 0 Å². The second kappa shape index (κ2) is 3.80. The highest BCUT2D eigenvalue weighted by atomic mass is 35.5. The van der Waals surface area contributed by atoms with E-state index in [0.29, 0.717) is 5.92 Å². The van der Waals surface area contributed by atoms with Crippen molar-refractivity contribution in [3.05, 3.63) is 34.3 Å². The summed E-state index contributed by atoms with van der Waals surface area (Å²) in [4.78, 5) is 0. The van der Waals surface area contributed by atoms with Gasteiger partial charge < -0.3 is 5.73 Å². The fourth-order valence-electron chi connectivity index (χ4n) is 2.69. The summed E-state index contributed by atoms with van der Waals surface area (Å²) in [6.07, 6.45) is 2.33. The SMILES string of the molecule is CC1(C)c2cc(Cl)ccc2CCC1CN. The van der Waals surface area contributed by atoms with E-state index in [1.807, 2.05) is 6.07 Å². The third-order valence-electron chi connectivity index (χ3n) is 3.83. The Balaban J connectivity index is 2.50. The van der Waals surface area contributed by atoms with Crippen molar-refractivity contribution in [2.75, 3.05) is 6.54 Å². The Kier molecular flexibility index (Phi) is 2.78. The van der Waals surface area contributed by atoms with E-state index in [2.05, 4.69) is 26.0 Å². The fourth-order valence-corrected chi connectivity index (χ4v) is 2.86. The zero-order valence-electron chi connectivity index (χ0n) is 9.39. The third-order valence-corrected chi connectivity index (χ3v) is 4.07. The minimum Gasteiger partial charge on any atom is -0.330 e. The Morgan fingerprint density at radius 3 is 2.87 bits per heavy atom. The lowest BCUT2D eigenvalue weighted by atomic mass is 9.65. The van der Waals surface area contributed by atoms with Crippen LogP contribution < -0.4 is 5.73 Å². The maximum atomic E-state index is 6.06. The van der Waals surface area contributed by atoms with Crippen molar-refractivity contribution in [1.29, 1.82) is 0 Å². The molecule has 1 aliphatic carbocycles. The van der Waals surface area contributed by atoms with Crippen LogP contribution in [0.25, 0.3) is 0 Å². The van der Waals surface area contributed by atoms with Crippen molar-refractivity contribution < 1.29 is 0 Å². The largest absolute Gasteiger partial charge is 0.330 e. The van der Waals surface area contributed by atoms with E-state index < -0.39 is 0 Å². The standard InChI is InChI=1S/C13H18ClN/c1-13(2)10(8-15)5-3-9-4-6-11(14)7-12(9)13/h4,6-7,10H,3,5,8,15H2,1-2H3. The van der Waals surface area contributed by atoms with Crippen molar-refractivity contribution in [2.45, 2.75) is 32.1 Å². The molecular formula is C13H18ClN. The van der Waals surface area contributed by atoms with E-state index in [-0.39, 0.29) is 5.41 Å². The van der Waals surface area contributed by atoms with E-state index in [0.717, 1.165) is 18.0 Å². The minimum atomic E-state index is 0.160. The molecule has 0 saturated heterocycles. The van der Waals surface area contributed by atoms with Crippen LogP contribution in [0.4, 0.5) is 0 Å². The van der Waals surface area contributed by atoms with Crippen LogP contribution in [0.5, 0.6) is 0 Å². The molecule has 0 fully saturated rings. The number of rotatable bonds is 1. The summed E-state index contributed by atoms with van der Waals surface area (Å²) in [7, 11) is 0. The van der Waals surface area contributed by atoms with Crippen LogP contribution in [0.1, 0.15) is 31.4 Å². The van der Waals surface area contributed by atoms with Crippen molar-refractivity contribution in [2.24, 2.45) is 11.7 Å². The van der Waals surface area contributed by atoms with E-state index in [1.165, 1.54) is 17.5 Å². The molecule has 1 atom stereocenters. The molecule has 1 aromatic rings. The number of aryl methyl sites for hydroxylation is 1. The molecule has 0 bridgehead atoms. The summed E-state index contributed by atoms with van der Waals surface area (Å²) in [6.45, 7) is 5.32. The molecule has 2 rings (SSSR count). The van der Waals surface area contributed by atoms with Crippen LogP contribution in [0.3, 0.4) is 0 Å². The molecule has 0 radical (unpaired) electrons. The Hall–Kier alpha value is -0.530. The number of nitrogens with two attached hydrogens (primary N) is 1. The topological polar surface area (TPSA) is 26.0 Å². The van der Waals surface area contributed by atoms with Gasteiger partial charge in [0.1, 0.15) is 0 Å². The molecule has 0 aromatic heterocycles. The summed E-state index contributed by atoms with van der Waals surface area (Å²) >= 11 is 6.06. The van der Waals surface area contributed by atoms with Crippen LogP contribution >= 0.6 is 11.6 Å². The molecule has 1 aromatic carbocycles. The van der Waals surface area contributed by atoms with Gasteiger partial charge in [0.2, 0.25) is 0 Å². The average molecular weight is 224 g/mol. The molecule has 15 heavy (non-hydrogen) atoms. The molecule has 2 N–H and O–H groups in total. The highest BCUT2D eigenvalue weighted by Crippen LogP contribution is 2.41. The smallest absolute Gasteiger partial charge is 0.0409 e. The van der Waals surface area contributed by atoms with Crippen LogP contribution in [-0.2, 0) is 11.8 Å². The number of hydrogen-bond acceptors (Lipinski definition) is 1. The van der Waals surface area contributed by atoms with E-state index in [1.54, 1.807) is 0 Å². The maximum absolute atomic E-state index is 6.06. The van der Waals surface area contributed by atoms with Crippen molar-refractivity contribution in [3.8, 4) is 0 Å². The van der Waals surface area contributed by atoms with Crippen LogP contribution in [0, 0.1) is 5.92 Å². The number of halogens is 1. The first-order valence-corrected chi connectivity index (χ1v) is 5.92. The molecule has 82 valence electrons. The molecule has 0 amide bonds. The van der Waals surface area contributed by atoms with Gasteiger partial charge in [-0.2, -0.15) is 0 Å². The average Bonchev–Trinajstić information content (AvgIpc) is 2.19. The zero-order chi connectivity index (χ0) is 11.1. The molecule has 0 heterocycles.